The van der Waals surface area contributed by atoms with E-state index in [1.54, 1.807) is 16.7 Å². The summed E-state index contributed by atoms with van der Waals surface area (Å²) in [5, 5.41) is 0.459. The summed E-state index contributed by atoms with van der Waals surface area (Å²) in [7, 11) is -3.03. The van der Waals surface area contributed by atoms with Crippen LogP contribution in [0.25, 0.3) is 0 Å². The number of ether oxygens (including phenoxy) is 1. The summed E-state index contributed by atoms with van der Waals surface area (Å²) >= 11 is 5.89. The van der Waals surface area contributed by atoms with Crippen LogP contribution in [0.1, 0.15) is 44.9 Å². The van der Waals surface area contributed by atoms with Gasteiger partial charge >= 0.3 is 0 Å². The Labute approximate surface area is 197 Å². The molecular weight excluding hydrogens is 448 g/mol. The minimum atomic E-state index is -3.03. The van der Waals surface area contributed by atoms with Gasteiger partial charge in [-0.05, 0) is 56.8 Å². The third-order valence-corrected chi connectivity index (χ3v) is 9.63. The number of aromatic nitrogens is 2. The molecule has 0 aromatic carbocycles. The van der Waals surface area contributed by atoms with Gasteiger partial charge in [0.15, 0.2) is 0 Å². The molecule has 9 heteroatoms. The van der Waals surface area contributed by atoms with Gasteiger partial charge in [0.05, 0.1) is 29.3 Å². The lowest BCUT2D eigenvalue weighted by atomic mass is 9.87. The van der Waals surface area contributed by atoms with Crippen LogP contribution in [0.5, 0.6) is 0 Å². The third-order valence-electron chi connectivity index (χ3n) is 7.04. The van der Waals surface area contributed by atoms with Crippen LogP contribution < -0.4 is 4.90 Å². The minimum absolute atomic E-state index is 0.103. The van der Waals surface area contributed by atoms with Crippen molar-refractivity contribution in [2.75, 3.05) is 44.3 Å². The van der Waals surface area contributed by atoms with Crippen molar-refractivity contribution in [3.05, 3.63) is 30.1 Å². The quantitative estimate of drug-likeness (QED) is 0.472. The maximum atomic E-state index is 12.4. The minimum Gasteiger partial charge on any atom is -0.381 e. The summed E-state index contributed by atoms with van der Waals surface area (Å²) in [6, 6.07) is 0. The van der Waals surface area contributed by atoms with E-state index in [2.05, 4.69) is 21.4 Å². The molecule has 3 heterocycles. The molecular formula is C23H35ClN4O3S. The highest BCUT2D eigenvalue weighted by Gasteiger charge is 2.41. The van der Waals surface area contributed by atoms with Crippen molar-refractivity contribution in [1.29, 1.82) is 0 Å². The van der Waals surface area contributed by atoms with Gasteiger partial charge in [-0.25, -0.2) is 22.7 Å². The number of anilines is 1. The monoisotopic (exact) mass is 482 g/mol. The Morgan fingerprint density at radius 2 is 1.69 bits per heavy atom. The summed E-state index contributed by atoms with van der Waals surface area (Å²) in [6.07, 6.45) is 12.1. The first-order chi connectivity index (χ1) is 15.5. The molecule has 1 aromatic heterocycles. The Hall–Kier alpha value is -1.22. The molecule has 0 unspecified atom stereocenters. The third kappa shape index (κ3) is 6.22. The fourth-order valence-electron chi connectivity index (χ4n) is 4.79. The van der Waals surface area contributed by atoms with E-state index < -0.39 is 10.0 Å². The van der Waals surface area contributed by atoms with Gasteiger partial charge in [-0.3, -0.25) is 0 Å². The number of sulfonamides is 1. The molecule has 1 aromatic rings. The number of hydrogen-bond donors (Lipinski definition) is 0. The van der Waals surface area contributed by atoms with Gasteiger partial charge in [-0.15, -0.1) is 6.58 Å². The molecule has 1 aliphatic carbocycles. The number of rotatable bonds is 10. The van der Waals surface area contributed by atoms with Crippen molar-refractivity contribution in [3.8, 4) is 0 Å². The fourth-order valence-corrected chi connectivity index (χ4v) is 6.76. The second kappa shape index (κ2) is 10.8. The van der Waals surface area contributed by atoms with Crippen LogP contribution in [0.2, 0.25) is 5.02 Å². The maximum Gasteiger partial charge on any atom is 0.225 e. The zero-order chi connectivity index (χ0) is 22.6. The topological polar surface area (TPSA) is 75.6 Å². The molecule has 0 N–H and O–H groups in total. The van der Waals surface area contributed by atoms with Crippen LogP contribution in [0, 0.1) is 17.8 Å². The summed E-state index contributed by atoms with van der Waals surface area (Å²) in [4.78, 5) is 10.9. The van der Waals surface area contributed by atoms with Gasteiger partial charge in [0.1, 0.15) is 0 Å². The lowest BCUT2D eigenvalue weighted by molar-refractivity contribution is 0.0595. The number of halogens is 1. The predicted molar refractivity (Wildman–Crippen MR) is 127 cm³/mol. The van der Waals surface area contributed by atoms with Crippen LogP contribution in [0.3, 0.4) is 0 Å². The molecule has 0 spiro atoms. The molecule has 1 atom stereocenters. The van der Waals surface area contributed by atoms with E-state index in [4.69, 9.17) is 16.3 Å². The zero-order valence-corrected chi connectivity index (χ0v) is 20.3. The molecule has 178 valence electrons. The Bertz CT molecular complexity index is 846. The molecule has 2 aliphatic heterocycles. The van der Waals surface area contributed by atoms with Gasteiger partial charge in [0, 0.05) is 38.7 Å². The van der Waals surface area contributed by atoms with Crippen LogP contribution in [-0.4, -0.2) is 67.3 Å². The van der Waals surface area contributed by atoms with Crippen LogP contribution in [0.4, 0.5) is 5.95 Å². The van der Waals surface area contributed by atoms with E-state index in [0.717, 1.165) is 64.0 Å². The van der Waals surface area contributed by atoms with Crippen molar-refractivity contribution >= 4 is 27.6 Å². The molecule has 1 saturated carbocycles. The molecule has 0 radical (unpaired) electrons. The van der Waals surface area contributed by atoms with E-state index in [9.17, 15) is 8.42 Å². The molecule has 0 amide bonds. The van der Waals surface area contributed by atoms with Gasteiger partial charge in [-0.1, -0.05) is 17.7 Å². The fraction of sp³-hybridized carbons (Fsp3) is 0.739. The first kappa shape index (κ1) is 23.9. The Morgan fingerprint density at radius 3 is 2.28 bits per heavy atom. The summed E-state index contributed by atoms with van der Waals surface area (Å²) in [5.41, 5.74) is 0. The smallest absolute Gasteiger partial charge is 0.225 e. The highest BCUT2D eigenvalue weighted by atomic mass is 35.5. The zero-order valence-electron chi connectivity index (χ0n) is 18.7. The molecule has 3 aliphatic rings. The first-order valence-corrected chi connectivity index (χ1v) is 13.8. The average Bonchev–Trinajstić information content (AvgIpc) is 3.66. The number of hydrogen-bond acceptors (Lipinski definition) is 6. The van der Waals surface area contributed by atoms with E-state index in [1.165, 1.54) is 0 Å². The summed E-state index contributed by atoms with van der Waals surface area (Å²) in [5.74, 6) is 2.22. The van der Waals surface area contributed by atoms with Crippen LogP contribution in [-0.2, 0) is 14.8 Å². The lowest BCUT2D eigenvalue weighted by Gasteiger charge is -2.33. The molecule has 0 bridgehead atoms. The van der Waals surface area contributed by atoms with Crippen molar-refractivity contribution in [2.24, 2.45) is 17.8 Å². The SMILES string of the molecule is C=C[C@@H](COCC1CCN(S(=O)(=O)C2CC2)CC1)CC1CCN(c2ncc(Cl)cn2)CC1. The first-order valence-electron chi connectivity index (χ1n) is 11.9. The highest BCUT2D eigenvalue weighted by molar-refractivity contribution is 7.90. The van der Waals surface area contributed by atoms with E-state index in [-0.39, 0.29) is 5.25 Å². The van der Waals surface area contributed by atoms with Crippen molar-refractivity contribution in [2.45, 2.75) is 50.2 Å². The van der Waals surface area contributed by atoms with Gasteiger partial charge in [0.2, 0.25) is 16.0 Å². The standard InChI is InChI=1S/C23H35ClN4O3S/c1-2-18(13-19-5-9-27(10-6-19)23-25-14-21(24)15-26-23)16-31-17-20-7-11-28(12-8-20)32(29,30)22-3-4-22/h2,14-15,18-20,22H,1,3-13,16-17H2/t18-/m1/s1. The average molecular weight is 483 g/mol. The second-order valence-corrected chi connectivity index (χ2v) is 12.1. The predicted octanol–water partition coefficient (Wildman–Crippen LogP) is 3.76. The normalized spacial score (nSPS) is 22.7. The molecule has 7 nitrogen and oxygen atoms in total. The van der Waals surface area contributed by atoms with Gasteiger partial charge < -0.3 is 9.64 Å². The second-order valence-electron chi connectivity index (χ2n) is 9.49. The van der Waals surface area contributed by atoms with Crippen molar-refractivity contribution in [1.82, 2.24) is 14.3 Å². The van der Waals surface area contributed by atoms with Crippen molar-refractivity contribution in [3.63, 3.8) is 0 Å². The Kier molecular flexibility index (Phi) is 8.08. The lowest BCUT2D eigenvalue weighted by Crippen LogP contribution is -2.41. The van der Waals surface area contributed by atoms with Gasteiger partial charge in [-0.2, -0.15) is 0 Å². The van der Waals surface area contributed by atoms with Gasteiger partial charge in [0.25, 0.3) is 0 Å². The number of piperidine rings is 2. The Morgan fingerprint density at radius 1 is 1.06 bits per heavy atom. The molecule has 2 saturated heterocycles. The van der Waals surface area contributed by atoms with Crippen LogP contribution >= 0.6 is 11.6 Å². The Balaban J connectivity index is 1.13. The van der Waals surface area contributed by atoms with E-state index in [1.807, 2.05) is 6.08 Å². The van der Waals surface area contributed by atoms with Crippen molar-refractivity contribution < 1.29 is 13.2 Å². The number of nitrogens with zero attached hydrogens (tertiary/aromatic N) is 4. The van der Waals surface area contributed by atoms with Crippen LogP contribution in [0.15, 0.2) is 25.0 Å². The van der Waals surface area contributed by atoms with E-state index >= 15 is 0 Å². The summed E-state index contributed by atoms with van der Waals surface area (Å²) < 4.78 is 32.5. The maximum absolute atomic E-state index is 12.4. The van der Waals surface area contributed by atoms with E-state index in [0.29, 0.717) is 49.1 Å². The largest absolute Gasteiger partial charge is 0.381 e. The summed E-state index contributed by atoms with van der Waals surface area (Å²) in [6.45, 7) is 8.65. The molecule has 4 rings (SSSR count). The highest BCUT2D eigenvalue weighted by Crippen LogP contribution is 2.33. The molecule has 32 heavy (non-hydrogen) atoms. The molecule has 3 fully saturated rings.